The van der Waals surface area contributed by atoms with Crippen LogP contribution >= 0.6 is 0 Å². The van der Waals surface area contributed by atoms with Gasteiger partial charge in [-0.25, -0.2) is 0 Å². The Labute approximate surface area is 103 Å². The van der Waals surface area contributed by atoms with Gasteiger partial charge < -0.3 is 11.1 Å². The van der Waals surface area contributed by atoms with E-state index in [0.29, 0.717) is 35.9 Å². The molecule has 1 unspecified atom stereocenters. The minimum atomic E-state index is -0.914. The van der Waals surface area contributed by atoms with Gasteiger partial charge in [0.1, 0.15) is 5.69 Å². The number of nitrogens with two attached hydrogens (primary N) is 1. The molecule has 6 nitrogen and oxygen atoms in total. The summed E-state index contributed by atoms with van der Waals surface area (Å²) in [6.07, 6.45) is 1.60. The summed E-state index contributed by atoms with van der Waals surface area (Å²) in [5.74, 6) is 0.167. The molecule has 0 aliphatic heterocycles. The minimum Gasteiger partial charge on any atom is -0.395 e. The van der Waals surface area contributed by atoms with Gasteiger partial charge in [-0.1, -0.05) is 0 Å². The second-order valence-corrected chi connectivity index (χ2v) is 5.25. The number of amides is 1. The van der Waals surface area contributed by atoms with Crippen LogP contribution < -0.4 is 11.1 Å². The molecule has 0 aromatic carbocycles. The molecule has 7 heteroatoms. The van der Waals surface area contributed by atoms with Crippen molar-refractivity contribution >= 4 is 22.4 Å². The summed E-state index contributed by atoms with van der Waals surface area (Å²) in [7, 11) is -0.914. The van der Waals surface area contributed by atoms with Crippen molar-refractivity contribution in [2.75, 3.05) is 24.3 Å². The van der Waals surface area contributed by atoms with E-state index in [2.05, 4.69) is 10.4 Å². The first-order chi connectivity index (χ1) is 7.97. The first-order valence-corrected chi connectivity index (χ1v) is 7.11. The number of anilines is 1. The number of nitrogens with zero attached hydrogens (tertiary/aromatic N) is 2. The van der Waals surface area contributed by atoms with Crippen molar-refractivity contribution in [2.45, 2.75) is 20.4 Å². The van der Waals surface area contributed by atoms with Crippen LogP contribution in [0.4, 0.5) is 5.69 Å². The molecule has 1 heterocycles. The van der Waals surface area contributed by atoms with Gasteiger partial charge in [0.05, 0.1) is 11.4 Å². The lowest BCUT2D eigenvalue weighted by molar-refractivity contribution is 0.0946. The third-order valence-electron chi connectivity index (χ3n) is 2.36. The van der Waals surface area contributed by atoms with Gasteiger partial charge >= 0.3 is 0 Å². The minimum absolute atomic E-state index is 0.268. The zero-order valence-corrected chi connectivity index (χ0v) is 11.1. The van der Waals surface area contributed by atoms with Crippen LogP contribution in [0.1, 0.15) is 23.1 Å². The quantitative estimate of drug-likeness (QED) is 0.772. The number of aromatic nitrogens is 2. The second kappa shape index (κ2) is 5.81. The lowest BCUT2D eigenvalue weighted by atomic mass is 10.3. The molecule has 0 fully saturated rings. The number of carbonyl (C=O) groups is 1. The first-order valence-electron chi connectivity index (χ1n) is 5.38. The Morgan fingerprint density at radius 3 is 2.76 bits per heavy atom. The van der Waals surface area contributed by atoms with Gasteiger partial charge in [0.25, 0.3) is 5.91 Å². The summed E-state index contributed by atoms with van der Waals surface area (Å²) in [4.78, 5) is 11.9. The van der Waals surface area contributed by atoms with Crippen molar-refractivity contribution in [3.05, 3.63) is 11.4 Å². The Kier molecular flexibility index (Phi) is 4.68. The summed E-state index contributed by atoms with van der Waals surface area (Å²) in [5.41, 5.74) is 7.24. The third kappa shape index (κ3) is 3.29. The van der Waals surface area contributed by atoms with E-state index >= 15 is 0 Å². The molecule has 0 radical (unpaired) electrons. The van der Waals surface area contributed by atoms with Gasteiger partial charge in [0.2, 0.25) is 0 Å². The Hall–Kier alpha value is -1.37. The largest absolute Gasteiger partial charge is 0.395 e. The Balaban J connectivity index is 2.77. The predicted molar refractivity (Wildman–Crippen MR) is 68.3 cm³/mol. The van der Waals surface area contributed by atoms with Gasteiger partial charge in [-0.05, 0) is 13.8 Å². The fraction of sp³-hybridized carbons (Fsp3) is 0.600. The van der Waals surface area contributed by atoms with E-state index in [1.807, 2.05) is 6.92 Å². The smallest absolute Gasteiger partial charge is 0.271 e. The average Bonchev–Trinajstić information content (AvgIpc) is 2.54. The van der Waals surface area contributed by atoms with Gasteiger partial charge in [-0.15, -0.1) is 0 Å². The molecule has 1 amide bonds. The van der Waals surface area contributed by atoms with E-state index in [0.717, 1.165) is 0 Å². The summed E-state index contributed by atoms with van der Waals surface area (Å²) in [5, 5.41) is 6.85. The van der Waals surface area contributed by atoms with E-state index in [1.165, 1.54) is 0 Å². The molecular formula is C10H18N4O2S. The number of rotatable bonds is 5. The average molecular weight is 258 g/mol. The lowest BCUT2D eigenvalue weighted by Gasteiger charge is -2.06. The molecule has 0 bridgehead atoms. The molecule has 17 heavy (non-hydrogen) atoms. The molecule has 0 spiro atoms. The van der Waals surface area contributed by atoms with Crippen LogP contribution in [0.15, 0.2) is 0 Å². The topological polar surface area (TPSA) is 90.0 Å². The molecular weight excluding hydrogens is 240 g/mol. The van der Waals surface area contributed by atoms with Gasteiger partial charge in [-0.3, -0.25) is 13.7 Å². The highest BCUT2D eigenvalue weighted by molar-refractivity contribution is 7.84. The van der Waals surface area contributed by atoms with Crippen molar-refractivity contribution in [1.82, 2.24) is 15.1 Å². The number of hydrogen-bond donors (Lipinski definition) is 2. The highest BCUT2D eigenvalue weighted by Gasteiger charge is 2.18. The summed E-state index contributed by atoms with van der Waals surface area (Å²) in [6, 6.07) is 0. The molecule has 96 valence electrons. The van der Waals surface area contributed by atoms with Crippen LogP contribution in [0.3, 0.4) is 0 Å². The normalized spacial score (nSPS) is 12.4. The molecule has 0 aliphatic carbocycles. The van der Waals surface area contributed by atoms with Crippen LogP contribution in [-0.4, -0.2) is 38.4 Å². The maximum Gasteiger partial charge on any atom is 0.271 e. The maximum absolute atomic E-state index is 11.9. The molecule has 1 aromatic heterocycles. The molecule has 1 aromatic rings. The summed E-state index contributed by atoms with van der Waals surface area (Å²) in [6.45, 7) is 4.61. The number of nitrogens with one attached hydrogen (secondary N) is 1. The molecule has 3 N–H and O–H groups in total. The fourth-order valence-electron chi connectivity index (χ4n) is 1.46. The van der Waals surface area contributed by atoms with Crippen molar-refractivity contribution in [1.29, 1.82) is 0 Å². The van der Waals surface area contributed by atoms with Crippen LogP contribution in [-0.2, 0) is 17.3 Å². The molecule has 0 saturated heterocycles. The zero-order valence-electron chi connectivity index (χ0n) is 10.3. The standard InChI is InChI=1S/C10H18N4O2S/c1-4-14-9(8(11)7(2)13-14)10(15)12-5-6-17(3)16/h4-6,11H2,1-3H3,(H,12,15). The van der Waals surface area contributed by atoms with Crippen LogP contribution in [0.5, 0.6) is 0 Å². The second-order valence-electron chi connectivity index (χ2n) is 3.70. The highest BCUT2D eigenvalue weighted by Crippen LogP contribution is 2.15. The molecule has 1 rings (SSSR count). The lowest BCUT2D eigenvalue weighted by Crippen LogP contribution is -2.30. The van der Waals surface area contributed by atoms with E-state index in [-0.39, 0.29) is 5.91 Å². The third-order valence-corrected chi connectivity index (χ3v) is 3.14. The van der Waals surface area contributed by atoms with Crippen LogP contribution in [0.2, 0.25) is 0 Å². The number of carbonyl (C=O) groups excluding carboxylic acids is 1. The Morgan fingerprint density at radius 1 is 1.59 bits per heavy atom. The predicted octanol–water partition coefficient (Wildman–Crippen LogP) is -0.0981. The monoisotopic (exact) mass is 258 g/mol. The van der Waals surface area contributed by atoms with Crippen molar-refractivity contribution in [3.8, 4) is 0 Å². The van der Waals surface area contributed by atoms with Crippen molar-refractivity contribution < 1.29 is 9.00 Å². The molecule has 0 saturated carbocycles. The van der Waals surface area contributed by atoms with E-state index in [1.54, 1.807) is 17.9 Å². The van der Waals surface area contributed by atoms with Crippen LogP contribution in [0, 0.1) is 6.92 Å². The van der Waals surface area contributed by atoms with E-state index in [9.17, 15) is 9.00 Å². The SMILES string of the molecule is CCn1nc(C)c(N)c1C(=O)NCCS(C)=O. The summed E-state index contributed by atoms with van der Waals surface area (Å²) < 4.78 is 12.4. The van der Waals surface area contributed by atoms with Crippen molar-refractivity contribution in [3.63, 3.8) is 0 Å². The summed E-state index contributed by atoms with van der Waals surface area (Å²) >= 11 is 0. The Morgan fingerprint density at radius 2 is 2.24 bits per heavy atom. The number of nitrogen functional groups attached to an aromatic ring is 1. The van der Waals surface area contributed by atoms with E-state index in [4.69, 9.17) is 5.73 Å². The number of hydrogen-bond acceptors (Lipinski definition) is 4. The Bertz CT molecular complexity index is 442. The van der Waals surface area contributed by atoms with E-state index < -0.39 is 10.8 Å². The van der Waals surface area contributed by atoms with Gasteiger partial charge in [0, 0.05) is 35.9 Å². The molecule has 1 atom stereocenters. The highest BCUT2D eigenvalue weighted by atomic mass is 32.2. The van der Waals surface area contributed by atoms with Gasteiger partial charge in [0.15, 0.2) is 0 Å². The fourth-order valence-corrected chi connectivity index (χ4v) is 1.85. The zero-order chi connectivity index (χ0) is 13.0. The first kappa shape index (κ1) is 13.7. The van der Waals surface area contributed by atoms with Gasteiger partial charge in [-0.2, -0.15) is 5.10 Å². The molecule has 0 aliphatic rings. The van der Waals surface area contributed by atoms with Crippen molar-refractivity contribution in [2.24, 2.45) is 0 Å². The maximum atomic E-state index is 11.9. The number of aryl methyl sites for hydroxylation is 2. The van der Waals surface area contributed by atoms with Crippen LogP contribution in [0.25, 0.3) is 0 Å².